The van der Waals surface area contributed by atoms with Crippen molar-refractivity contribution in [1.82, 2.24) is 10.3 Å². The molecule has 3 rings (SSSR count). The van der Waals surface area contributed by atoms with Gasteiger partial charge in [-0.2, -0.15) is 0 Å². The first kappa shape index (κ1) is 15.8. The zero-order valence-electron chi connectivity index (χ0n) is 12.7. The van der Waals surface area contributed by atoms with E-state index >= 15 is 0 Å². The first-order valence-electron chi connectivity index (χ1n) is 7.40. The van der Waals surface area contributed by atoms with E-state index in [0.29, 0.717) is 29.3 Å². The molecule has 1 saturated carbocycles. The van der Waals surface area contributed by atoms with E-state index in [0.717, 1.165) is 5.56 Å². The summed E-state index contributed by atoms with van der Waals surface area (Å²) in [6.45, 7) is 0. The van der Waals surface area contributed by atoms with Crippen LogP contribution in [0.1, 0.15) is 34.1 Å². The largest absolute Gasteiger partial charge is 0.481 e. The molecule has 0 bridgehead atoms. The van der Waals surface area contributed by atoms with Crippen molar-refractivity contribution in [3.05, 3.63) is 40.2 Å². The van der Waals surface area contributed by atoms with Crippen molar-refractivity contribution in [2.75, 3.05) is 12.8 Å². The van der Waals surface area contributed by atoms with E-state index in [9.17, 15) is 9.90 Å². The SMILES string of the molecule is COc1ccc(C(NC(=O)c2sccc2N)C2CC(O)C2)cn1. The molecule has 0 spiro atoms. The fraction of sp³-hybridized carbons (Fsp3) is 0.375. The number of nitrogens with zero attached hydrogens (tertiary/aromatic N) is 1. The molecule has 4 N–H and O–H groups in total. The fourth-order valence-corrected chi connectivity index (χ4v) is 3.50. The molecule has 0 aliphatic heterocycles. The number of carbonyl (C=O) groups excluding carboxylic acids is 1. The Labute approximate surface area is 138 Å². The lowest BCUT2D eigenvalue weighted by Crippen LogP contribution is -2.41. The number of ether oxygens (including phenoxy) is 1. The van der Waals surface area contributed by atoms with Gasteiger partial charge in [-0.05, 0) is 35.8 Å². The van der Waals surface area contributed by atoms with Gasteiger partial charge in [0.05, 0.1) is 24.9 Å². The molecule has 2 aromatic heterocycles. The van der Waals surface area contributed by atoms with Gasteiger partial charge in [-0.25, -0.2) is 4.98 Å². The number of aliphatic hydroxyl groups excluding tert-OH is 1. The Hall–Kier alpha value is -2.12. The van der Waals surface area contributed by atoms with Crippen molar-refractivity contribution >= 4 is 22.9 Å². The third kappa shape index (κ3) is 3.30. The van der Waals surface area contributed by atoms with Crippen LogP contribution in [0.5, 0.6) is 5.88 Å². The maximum absolute atomic E-state index is 12.5. The van der Waals surface area contributed by atoms with Crippen LogP contribution in [-0.4, -0.2) is 29.2 Å². The van der Waals surface area contributed by atoms with Crippen LogP contribution in [0, 0.1) is 5.92 Å². The summed E-state index contributed by atoms with van der Waals surface area (Å²) in [4.78, 5) is 17.2. The normalized spacial score (nSPS) is 21.3. The van der Waals surface area contributed by atoms with Crippen LogP contribution in [-0.2, 0) is 0 Å². The van der Waals surface area contributed by atoms with Crippen molar-refractivity contribution in [1.29, 1.82) is 0 Å². The summed E-state index contributed by atoms with van der Waals surface area (Å²) in [6, 6.07) is 5.17. The number of rotatable bonds is 5. The number of anilines is 1. The molecule has 1 aliphatic rings. The van der Waals surface area contributed by atoms with Gasteiger partial charge in [0.15, 0.2) is 0 Å². The third-order valence-electron chi connectivity index (χ3n) is 4.14. The Kier molecular flexibility index (Phi) is 4.49. The monoisotopic (exact) mass is 333 g/mol. The highest BCUT2D eigenvalue weighted by molar-refractivity contribution is 7.12. The highest BCUT2D eigenvalue weighted by Crippen LogP contribution is 2.38. The maximum atomic E-state index is 12.5. The van der Waals surface area contributed by atoms with Crippen LogP contribution < -0.4 is 15.8 Å². The first-order valence-corrected chi connectivity index (χ1v) is 8.28. The zero-order chi connectivity index (χ0) is 16.4. The van der Waals surface area contributed by atoms with E-state index in [2.05, 4.69) is 10.3 Å². The summed E-state index contributed by atoms with van der Waals surface area (Å²) in [5, 5.41) is 14.4. The van der Waals surface area contributed by atoms with Gasteiger partial charge in [0.2, 0.25) is 5.88 Å². The van der Waals surface area contributed by atoms with Gasteiger partial charge in [0, 0.05) is 12.3 Å². The molecule has 1 unspecified atom stereocenters. The molecule has 0 radical (unpaired) electrons. The standard InChI is InChI=1S/C16H19N3O3S/c1-22-13-3-2-9(8-18-13)14(10-6-11(20)7-10)19-16(21)15-12(17)4-5-23-15/h2-5,8,10-11,14,20H,6-7,17H2,1H3,(H,19,21). The average Bonchev–Trinajstić information content (AvgIpc) is 2.96. The number of thiophene rings is 1. The summed E-state index contributed by atoms with van der Waals surface area (Å²) in [7, 11) is 1.56. The molecule has 0 saturated heterocycles. The molecule has 6 nitrogen and oxygen atoms in total. The van der Waals surface area contributed by atoms with Gasteiger partial charge in [0.25, 0.3) is 5.91 Å². The molecule has 23 heavy (non-hydrogen) atoms. The number of hydrogen-bond acceptors (Lipinski definition) is 6. The van der Waals surface area contributed by atoms with E-state index < -0.39 is 0 Å². The van der Waals surface area contributed by atoms with Gasteiger partial charge in [-0.1, -0.05) is 6.07 Å². The summed E-state index contributed by atoms with van der Waals surface area (Å²) < 4.78 is 5.07. The molecule has 2 heterocycles. The van der Waals surface area contributed by atoms with Gasteiger partial charge < -0.3 is 20.9 Å². The number of pyridine rings is 1. The lowest BCUT2D eigenvalue weighted by Gasteiger charge is -2.38. The van der Waals surface area contributed by atoms with Gasteiger partial charge in [0.1, 0.15) is 4.88 Å². The highest BCUT2D eigenvalue weighted by Gasteiger charge is 2.36. The Morgan fingerprint density at radius 3 is 2.78 bits per heavy atom. The number of nitrogens with two attached hydrogens (primary N) is 1. The topological polar surface area (TPSA) is 97.5 Å². The summed E-state index contributed by atoms with van der Waals surface area (Å²) in [5.41, 5.74) is 7.19. The van der Waals surface area contributed by atoms with Crippen LogP contribution in [0.2, 0.25) is 0 Å². The van der Waals surface area contributed by atoms with Crippen molar-refractivity contribution in [2.45, 2.75) is 25.0 Å². The molecule has 1 aliphatic carbocycles. The van der Waals surface area contributed by atoms with Crippen LogP contribution in [0.15, 0.2) is 29.8 Å². The van der Waals surface area contributed by atoms with E-state index in [1.807, 2.05) is 6.07 Å². The number of carbonyl (C=O) groups is 1. The predicted molar refractivity (Wildman–Crippen MR) is 88.5 cm³/mol. The smallest absolute Gasteiger partial charge is 0.263 e. The predicted octanol–water partition coefficient (Wildman–Crippen LogP) is 1.98. The lowest BCUT2D eigenvalue weighted by atomic mass is 9.75. The summed E-state index contributed by atoms with van der Waals surface area (Å²) in [6.07, 6.45) is 2.73. The van der Waals surface area contributed by atoms with Crippen molar-refractivity contribution in [3.63, 3.8) is 0 Å². The number of aliphatic hydroxyl groups is 1. The quantitative estimate of drug-likeness (QED) is 0.777. The number of aromatic nitrogens is 1. The minimum Gasteiger partial charge on any atom is -0.481 e. The Balaban J connectivity index is 1.80. The minimum atomic E-state index is -0.294. The second-order valence-corrected chi connectivity index (χ2v) is 6.59. The lowest BCUT2D eigenvalue weighted by molar-refractivity contribution is 0.0235. The molecule has 0 aromatic carbocycles. The number of nitrogens with one attached hydrogen (secondary N) is 1. The minimum absolute atomic E-state index is 0.185. The molecule has 2 aromatic rings. The van der Waals surface area contributed by atoms with Crippen molar-refractivity contribution < 1.29 is 14.6 Å². The Bertz CT molecular complexity index is 680. The number of amides is 1. The molecule has 1 amide bonds. The number of nitrogen functional groups attached to an aromatic ring is 1. The first-order chi connectivity index (χ1) is 11.1. The molecule has 1 atom stereocenters. The second-order valence-electron chi connectivity index (χ2n) is 5.68. The van der Waals surface area contributed by atoms with Crippen LogP contribution in [0.3, 0.4) is 0 Å². The van der Waals surface area contributed by atoms with Gasteiger partial charge in [-0.15, -0.1) is 11.3 Å². The van der Waals surface area contributed by atoms with Crippen molar-refractivity contribution in [2.24, 2.45) is 5.92 Å². The summed E-state index contributed by atoms with van der Waals surface area (Å²) >= 11 is 1.32. The van der Waals surface area contributed by atoms with E-state index in [1.165, 1.54) is 11.3 Å². The molecule has 1 fully saturated rings. The molecular formula is C16H19N3O3S. The Morgan fingerprint density at radius 2 is 2.26 bits per heavy atom. The number of methoxy groups -OCH3 is 1. The van der Waals surface area contributed by atoms with E-state index in [1.54, 1.807) is 30.8 Å². The maximum Gasteiger partial charge on any atom is 0.263 e. The Morgan fingerprint density at radius 1 is 1.48 bits per heavy atom. The fourth-order valence-electron chi connectivity index (χ4n) is 2.78. The third-order valence-corrected chi connectivity index (χ3v) is 5.07. The van der Waals surface area contributed by atoms with Crippen LogP contribution in [0.4, 0.5) is 5.69 Å². The zero-order valence-corrected chi connectivity index (χ0v) is 13.5. The molecule has 122 valence electrons. The van der Waals surface area contributed by atoms with Crippen LogP contribution in [0.25, 0.3) is 0 Å². The van der Waals surface area contributed by atoms with Gasteiger partial charge in [-0.3, -0.25) is 4.79 Å². The second kappa shape index (κ2) is 6.55. The van der Waals surface area contributed by atoms with Gasteiger partial charge >= 0.3 is 0 Å². The van der Waals surface area contributed by atoms with E-state index in [4.69, 9.17) is 10.5 Å². The molecule has 7 heteroatoms. The average molecular weight is 333 g/mol. The van der Waals surface area contributed by atoms with Crippen LogP contribution >= 0.6 is 11.3 Å². The van der Waals surface area contributed by atoms with Crippen molar-refractivity contribution in [3.8, 4) is 5.88 Å². The molecular weight excluding hydrogens is 314 g/mol. The highest BCUT2D eigenvalue weighted by atomic mass is 32.1. The number of hydrogen-bond donors (Lipinski definition) is 3. The van der Waals surface area contributed by atoms with E-state index in [-0.39, 0.29) is 24.0 Å². The summed E-state index contributed by atoms with van der Waals surface area (Å²) in [5.74, 6) is 0.514.